The van der Waals surface area contributed by atoms with Gasteiger partial charge in [0.05, 0.1) is 17.1 Å². The van der Waals surface area contributed by atoms with Gasteiger partial charge in [-0.25, -0.2) is 4.98 Å². The second-order valence-corrected chi connectivity index (χ2v) is 8.14. The summed E-state index contributed by atoms with van der Waals surface area (Å²) in [6.07, 6.45) is 3.67. The van der Waals surface area contributed by atoms with Crippen LogP contribution in [0.5, 0.6) is 0 Å². The number of nitrogens with zero attached hydrogens (tertiary/aromatic N) is 4. The molecule has 3 aromatic rings. The van der Waals surface area contributed by atoms with E-state index in [2.05, 4.69) is 16.7 Å². The average Bonchev–Trinajstić information content (AvgIpc) is 2.79. The van der Waals surface area contributed by atoms with Crippen molar-refractivity contribution in [1.82, 2.24) is 15.3 Å². The normalized spacial score (nSPS) is 18.2. The molecule has 1 saturated carbocycles. The van der Waals surface area contributed by atoms with Gasteiger partial charge in [0.1, 0.15) is 5.82 Å². The van der Waals surface area contributed by atoms with Gasteiger partial charge in [0, 0.05) is 37.1 Å². The summed E-state index contributed by atoms with van der Waals surface area (Å²) in [5.41, 5.74) is 2.06. The Hall–Kier alpha value is -3.66. The van der Waals surface area contributed by atoms with Gasteiger partial charge in [0.25, 0.3) is 5.91 Å². The highest BCUT2D eigenvalue weighted by Crippen LogP contribution is 2.26. The summed E-state index contributed by atoms with van der Waals surface area (Å²) in [6.45, 7) is 0. The van der Waals surface area contributed by atoms with Crippen molar-refractivity contribution in [3.63, 3.8) is 0 Å². The lowest BCUT2D eigenvalue weighted by molar-refractivity contribution is 0.0926. The van der Waals surface area contributed by atoms with E-state index in [0.29, 0.717) is 17.1 Å². The summed E-state index contributed by atoms with van der Waals surface area (Å²) in [6, 6.07) is 17.2. The van der Waals surface area contributed by atoms with E-state index in [9.17, 15) is 4.79 Å². The number of carbonyl (C=O) groups excluding carboxylic acids is 1. The molecule has 1 aromatic heterocycles. The monoisotopic (exact) mass is 414 g/mol. The summed E-state index contributed by atoms with van der Waals surface area (Å²) < 4.78 is 0. The smallest absolute Gasteiger partial charge is 0.251 e. The van der Waals surface area contributed by atoms with Crippen LogP contribution >= 0.6 is 0 Å². The Bertz CT molecular complexity index is 1110. The Morgan fingerprint density at radius 3 is 2.35 bits per heavy atom. The molecule has 1 fully saturated rings. The molecule has 0 saturated heterocycles. The molecule has 0 spiro atoms. The van der Waals surface area contributed by atoms with Crippen molar-refractivity contribution in [2.45, 2.75) is 37.8 Å². The average molecular weight is 415 g/mol. The first kappa shape index (κ1) is 20.6. The van der Waals surface area contributed by atoms with Gasteiger partial charge >= 0.3 is 0 Å². The Balaban J connectivity index is 1.36. The molecule has 0 atom stereocenters. The largest absolute Gasteiger partial charge is 0.362 e. The van der Waals surface area contributed by atoms with Gasteiger partial charge < -0.3 is 15.5 Å². The minimum Gasteiger partial charge on any atom is -0.362 e. The van der Waals surface area contributed by atoms with E-state index in [1.807, 2.05) is 43.3 Å². The zero-order valence-corrected chi connectivity index (χ0v) is 17.8. The molecule has 1 amide bonds. The number of anilines is 2. The highest BCUT2D eigenvalue weighted by atomic mass is 16.1. The molecule has 7 heteroatoms. The van der Waals surface area contributed by atoms with Crippen molar-refractivity contribution in [2.24, 2.45) is 0 Å². The second kappa shape index (κ2) is 9.00. The molecule has 1 aliphatic carbocycles. The third-order valence-electron chi connectivity index (χ3n) is 5.68. The van der Waals surface area contributed by atoms with Crippen LogP contribution in [0.4, 0.5) is 11.8 Å². The highest BCUT2D eigenvalue weighted by Gasteiger charge is 2.23. The maximum absolute atomic E-state index is 12.5. The van der Waals surface area contributed by atoms with E-state index in [-0.39, 0.29) is 18.0 Å². The maximum atomic E-state index is 12.5. The quantitative estimate of drug-likeness (QED) is 0.661. The van der Waals surface area contributed by atoms with Crippen molar-refractivity contribution >= 4 is 28.6 Å². The number of benzene rings is 2. The molecular weight excluding hydrogens is 388 g/mol. The van der Waals surface area contributed by atoms with Crippen LogP contribution in [0.1, 0.15) is 41.6 Å². The molecule has 2 aromatic carbocycles. The number of hydrogen-bond donors (Lipinski definition) is 2. The van der Waals surface area contributed by atoms with Crippen LogP contribution in [-0.2, 0) is 0 Å². The molecule has 158 valence electrons. The Morgan fingerprint density at radius 2 is 1.68 bits per heavy atom. The van der Waals surface area contributed by atoms with Crippen LogP contribution in [0.15, 0.2) is 48.5 Å². The third-order valence-corrected chi connectivity index (χ3v) is 5.68. The van der Waals surface area contributed by atoms with Gasteiger partial charge in [0.2, 0.25) is 5.95 Å². The molecule has 0 aliphatic heterocycles. The van der Waals surface area contributed by atoms with Crippen molar-refractivity contribution in [1.29, 1.82) is 5.26 Å². The molecular formula is C24H26N6O. The van der Waals surface area contributed by atoms with Crippen LogP contribution in [0, 0.1) is 11.3 Å². The number of para-hydroxylation sites is 1. The van der Waals surface area contributed by atoms with Crippen molar-refractivity contribution < 1.29 is 4.79 Å². The number of hydrogen-bond acceptors (Lipinski definition) is 6. The fourth-order valence-corrected chi connectivity index (χ4v) is 3.99. The Morgan fingerprint density at radius 1 is 1.00 bits per heavy atom. The minimum absolute atomic E-state index is 0.0885. The van der Waals surface area contributed by atoms with Crippen LogP contribution in [0.3, 0.4) is 0 Å². The Labute approximate surface area is 182 Å². The molecule has 0 radical (unpaired) electrons. The van der Waals surface area contributed by atoms with Crippen molar-refractivity contribution in [2.75, 3.05) is 24.3 Å². The minimum atomic E-state index is -0.0885. The van der Waals surface area contributed by atoms with E-state index in [4.69, 9.17) is 15.2 Å². The molecule has 0 bridgehead atoms. The SMILES string of the molecule is CN(C)c1nc(N[C@H]2CC[C@@H](NC(=O)c3ccc(C#N)cc3)CC2)nc2ccccc12. The number of nitrogens with one attached hydrogen (secondary N) is 2. The maximum Gasteiger partial charge on any atom is 0.251 e. The highest BCUT2D eigenvalue weighted by molar-refractivity contribution is 5.94. The van der Waals surface area contributed by atoms with E-state index in [0.717, 1.165) is 42.4 Å². The van der Waals surface area contributed by atoms with Gasteiger partial charge in [-0.05, 0) is 62.1 Å². The molecule has 31 heavy (non-hydrogen) atoms. The Kier molecular flexibility index (Phi) is 5.99. The predicted molar refractivity (Wildman–Crippen MR) is 122 cm³/mol. The third kappa shape index (κ3) is 4.75. The van der Waals surface area contributed by atoms with Crippen LogP contribution < -0.4 is 15.5 Å². The van der Waals surface area contributed by atoms with Crippen LogP contribution in [-0.4, -0.2) is 42.1 Å². The van der Waals surface area contributed by atoms with Gasteiger partial charge in [0.15, 0.2) is 0 Å². The lowest BCUT2D eigenvalue weighted by atomic mass is 9.91. The fraction of sp³-hybridized carbons (Fsp3) is 0.333. The summed E-state index contributed by atoms with van der Waals surface area (Å²) in [7, 11) is 3.97. The summed E-state index contributed by atoms with van der Waals surface area (Å²) >= 11 is 0. The molecule has 7 nitrogen and oxygen atoms in total. The number of nitriles is 1. The van der Waals surface area contributed by atoms with Crippen LogP contribution in [0.25, 0.3) is 10.9 Å². The molecule has 4 rings (SSSR count). The van der Waals surface area contributed by atoms with Gasteiger partial charge in [-0.15, -0.1) is 0 Å². The van der Waals surface area contributed by atoms with E-state index < -0.39 is 0 Å². The van der Waals surface area contributed by atoms with E-state index >= 15 is 0 Å². The number of aromatic nitrogens is 2. The molecule has 1 heterocycles. The lowest BCUT2D eigenvalue weighted by Crippen LogP contribution is -2.40. The van der Waals surface area contributed by atoms with Gasteiger partial charge in [-0.3, -0.25) is 4.79 Å². The van der Waals surface area contributed by atoms with Crippen molar-refractivity contribution in [3.8, 4) is 6.07 Å². The number of fused-ring (bicyclic) bond motifs is 1. The second-order valence-electron chi connectivity index (χ2n) is 8.14. The topological polar surface area (TPSA) is 93.9 Å². The molecule has 1 aliphatic rings. The van der Waals surface area contributed by atoms with E-state index in [1.165, 1.54) is 0 Å². The zero-order chi connectivity index (χ0) is 21.8. The first-order chi connectivity index (χ1) is 15.0. The van der Waals surface area contributed by atoms with Crippen molar-refractivity contribution in [3.05, 3.63) is 59.7 Å². The number of rotatable bonds is 5. The van der Waals surface area contributed by atoms with Gasteiger partial charge in [-0.2, -0.15) is 10.2 Å². The predicted octanol–water partition coefficient (Wildman–Crippen LogP) is 3.72. The summed E-state index contributed by atoms with van der Waals surface area (Å²) in [5.74, 6) is 1.46. The lowest BCUT2D eigenvalue weighted by Gasteiger charge is -2.30. The number of carbonyl (C=O) groups is 1. The number of amides is 1. The molecule has 2 N–H and O–H groups in total. The van der Waals surface area contributed by atoms with Crippen LogP contribution in [0.2, 0.25) is 0 Å². The summed E-state index contributed by atoms with van der Waals surface area (Å²) in [4.78, 5) is 23.9. The zero-order valence-electron chi connectivity index (χ0n) is 17.8. The summed E-state index contributed by atoms with van der Waals surface area (Å²) in [5, 5.41) is 16.5. The van der Waals surface area contributed by atoms with E-state index in [1.54, 1.807) is 24.3 Å². The first-order valence-corrected chi connectivity index (χ1v) is 10.5. The van der Waals surface area contributed by atoms with Gasteiger partial charge in [-0.1, -0.05) is 12.1 Å². The standard InChI is InChI=1S/C24H26N6O/c1-30(2)22-20-5-3-4-6-21(20)28-24(29-22)27-19-13-11-18(12-14-19)26-23(31)17-9-7-16(15-25)8-10-17/h3-10,18-19H,11-14H2,1-2H3,(H,26,31)(H,27,28,29)/t18-,19+. The first-order valence-electron chi connectivity index (χ1n) is 10.5. The fourth-order valence-electron chi connectivity index (χ4n) is 3.99. The molecule has 0 unspecified atom stereocenters.